The van der Waals surface area contributed by atoms with E-state index in [1.807, 2.05) is 12.3 Å². The largest absolute Gasteiger partial charge is 0.256 e. The van der Waals surface area contributed by atoms with Gasteiger partial charge >= 0.3 is 0 Å². The zero-order valence-corrected chi connectivity index (χ0v) is 40.4. The van der Waals surface area contributed by atoms with Gasteiger partial charge in [0.2, 0.25) is 0 Å². The highest BCUT2D eigenvalue weighted by molar-refractivity contribution is 6.24. The molecule has 0 aliphatic heterocycles. The summed E-state index contributed by atoms with van der Waals surface area (Å²) in [5.74, 6) is 0. The summed E-state index contributed by atoms with van der Waals surface area (Å²) in [5.41, 5.74) is 15.5. The van der Waals surface area contributed by atoms with E-state index in [0.717, 1.165) is 16.8 Å². The van der Waals surface area contributed by atoms with Crippen molar-refractivity contribution in [3.05, 3.63) is 272 Å². The van der Waals surface area contributed by atoms with Gasteiger partial charge in [-0.15, -0.1) is 0 Å². The molecule has 0 spiro atoms. The highest BCUT2D eigenvalue weighted by Crippen LogP contribution is 2.47. The Morgan fingerprint density at radius 1 is 0.247 bits per heavy atom. The maximum Gasteiger partial charge on any atom is 0.0659 e. The molecule has 340 valence electrons. The van der Waals surface area contributed by atoms with Crippen molar-refractivity contribution in [2.45, 2.75) is 6.92 Å². The molecule has 73 heavy (non-hydrogen) atoms. The van der Waals surface area contributed by atoms with Crippen LogP contribution in [-0.2, 0) is 0 Å². The Balaban J connectivity index is 0.904. The summed E-state index contributed by atoms with van der Waals surface area (Å²) in [7, 11) is 0. The van der Waals surface area contributed by atoms with Crippen molar-refractivity contribution in [2.75, 3.05) is 0 Å². The summed E-state index contributed by atoms with van der Waals surface area (Å²) in [6.07, 6.45) is 1.99. The molecular weight excluding hydrogens is 879 g/mol. The topological polar surface area (TPSA) is 12.4 Å². The van der Waals surface area contributed by atoms with Gasteiger partial charge in [-0.25, -0.2) is 0 Å². The van der Waals surface area contributed by atoms with Crippen molar-refractivity contribution in [1.82, 2.24) is 0 Å². The third-order valence-electron chi connectivity index (χ3n) is 15.1. The number of para-hydroxylation sites is 1. The first-order valence-corrected chi connectivity index (χ1v) is 25.2. The molecule has 0 aliphatic carbocycles. The van der Waals surface area contributed by atoms with Gasteiger partial charge in [0.05, 0.1) is 5.69 Å². The van der Waals surface area contributed by atoms with Crippen molar-refractivity contribution < 1.29 is 0 Å². The Hall–Kier alpha value is -9.43. The van der Waals surface area contributed by atoms with Gasteiger partial charge < -0.3 is 0 Å². The molecule has 1 nitrogen and oxygen atoms in total. The molecule has 0 N–H and O–H groups in total. The minimum Gasteiger partial charge on any atom is -0.256 e. The highest BCUT2D eigenvalue weighted by atomic mass is 14.7. The van der Waals surface area contributed by atoms with Crippen molar-refractivity contribution in [1.29, 1.82) is 0 Å². The van der Waals surface area contributed by atoms with Gasteiger partial charge in [0, 0.05) is 6.21 Å². The van der Waals surface area contributed by atoms with Crippen LogP contribution in [-0.4, -0.2) is 6.21 Å². The highest BCUT2D eigenvalue weighted by Gasteiger charge is 2.20. The summed E-state index contributed by atoms with van der Waals surface area (Å²) >= 11 is 0. The number of hydrogen-bond acceptors (Lipinski definition) is 1. The Morgan fingerprint density at radius 2 is 0.603 bits per heavy atom. The maximum atomic E-state index is 4.88. The van der Waals surface area contributed by atoms with E-state index in [-0.39, 0.29) is 0 Å². The maximum absolute atomic E-state index is 4.88. The Labute approximate surface area is 424 Å². The molecule has 0 heterocycles. The van der Waals surface area contributed by atoms with E-state index in [4.69, 9.17) is 4.99 Å². The van der Waals surface area contributed by atoms with Crippen LogP contribution in [0.5, 0.6) is 0 Å². The third kappa shape index (κ3) is 7.36. The summed E-state index contributed by atoms with van der Waals surface area (Å²) in [5, 5.41) is 17.3. The lowest BCUT2D eigenvalue weighted by molar-refractivity contribution is 1.40. The lowest BCUT2D eigenvalue weighted by Crippen LogP contribution is -1.92. The molecule has 0 unspecified atom stereocenters. The average molecular weight is 926 g/mol. The number of aliphatic imine (C=N–C) groups is 1. The summed E-state index contributed by atoms with van der Waals surface area (Å²) < 4.78 is 0. The van der Waals surface area contributed by atoms with Crippen LogP contribution in [0.4, 0.5) is 5.69 Å². The van der Waals surface area contributed by atoms with E-state index >= 15 is 0 Å². The zero-order valence-electron chi connectivity index (χ0n) is 40.4. The van der Waals surface area contributed by atoms with Gasteiger partial charge in [0.15, 0.2) is 0 Å². The van der Waals surface area contributed by atoms with Gasteiger partial charge in [-0.2, -0.15) is 0 Å². The van der Waals surface area contributed by atoms with Crippen LogP contribution in [0.25, 0.3) is 131 Å². The van der Waals surface area contributed by atoms with Crippen LogP contribution in [0.15, 0.2) is 266 Å². The molecule has 0 radical (unpaired) electrons. The number of benzene rings is 14. The molecule has 14 aromatic carbocycles. The number of hydrogen-bond donors (Lipinski definition) is 0. The van der Waals surface area contributed by atoms with Crippen molar-refractivity contribution >= 4 is 87.3 Å². The fourth-order valence-corrected chi connectivity index (χ4v) is 11.6. The van der Waals surface area contributed by atoms with Crippen molar-refractivity contribution in [3.8, 4) is 55.6 Å². The molecule has 0 bridgehead atoms. The van der Waals surface area contributed by atoms with E-state index in [1.165, 1.54) is 131 Å². The van der Waals surface area contributed by atoms with Gasteiger partial charge in [0.25, 0.3) is 0 Å². The molecule has 14 rings (SSSR count). The lowest BCUT2D eigenvalue weighted by atomic mass is 9.84. The fourth-order valence-electron chi connectivity index (χ4n) is 11.6. The summed E-state index contributed by atoms with van der Waals surface area (Å²) in [4.78, 5) is 4.88. The minimum atomic E-state index is 0.986. The molecule has 0 atom stereocenters. The molecule has 0 amide bonds. The first-order valence-electron chi connectivity index (χ1n) is 25.2. The number of rotatable bonds is 7. The molecular formula is C72H47N. The smallest absolute Gasteiger partial charge is 0.0659 e. The zero-order chi connectivity index (χ0) is 48.4. The Kier molecular flexibility index (Phi) is 10.2. The van der Waals surface area contributed by atoms with E-state index in [2.05, 4.69) is 262 Å². The van der Waals surface area contributed by atoms with E-state index in [9.17, 15) is 0 Å². The van der Waals surface area contributed by atoms with E-state index in [0.29, 0.717) is 0 Å². The molecule has 0 saturated heterocycles. The average Bonchev–Trinajstić information content (AvgIpc) is 3.45. The Bertz CT molecular complexity index is 4520. The minimum absolute atomic E-state index is 0.986. The van der Waals surface area contributed by atoms with E-state index < -0.39 is 0 Å². The molecule has 1 heteroatoms. The standard InChI is InChI=1S/C72H47N/c1-46-15-2-13-28-68(46)73-45-47-16-14-21-56(39-47)69-60-22-7-9-24-62(60)70(63-25-10-8-23-61(63)69)58-36-33-52-40-53(31-32-54(52)43-58)55-37-38-66-67(44-55)72(59-35-30-49-18-4-6-20-51(49)42-59)65-27-12-11-26-64(65)71(66)57-34-29-48-17-3-5-19-50(48)41-57/h2-45H,1H3. The Morgan fingerprint density at radius 3 is 1.12 bits per heavy atom. The van der Waals surface area contributed by atoms with Gasteiger partial charge in [-0.1, -0.05) is 218 Å². The molecule has 0 aliphatic rings. The quantitative estimate of drug-likeness (QED) is 0.112. The third-order valence-corrected chi connectivity index (χ3v) is 15.1. The lowest BCUT2D eigenvalue weighted by Gasteiger charge is -2.19. The van der Waals surface area contributed by atoms with Crippen LogP contribution in [0.3, 0.4) is 0 Å². The van der Waals surface area contributed by atoms with Gasteiger partial charge in [0.1, 0.15) is 0 Å². The second kappa shape index (κ2) is 17.5. The number of aryl methyl sites for hydroxylation is 1. The van der Waals surface area contributed by atoms with Crippen molar-refractivity contribution in [2.24, 2.45) is 4.99 Å². The van der Waals surface area contributed by atoms with Crippen LogP contribution in [0.1, 0.15) is 11.1 Å². The second-order valence-electron chi connectivity index (χ2n) is 19.5. The summed E-state index contributed by atoms with van der Waals surface area (Å²) in [6.45, 7) is 2.10. The molecule has 14 aromatic rings. The predicted octanol–water partition coefficient (Wildman–Crippen LogP) is 20.2. The first-order chi connectivity index (χ1) is 36.1. The first kappa shape index (κ1) is 42.4. The monoisotopic (exact) mass is 925 g/mol. The summed E-state index contributed by atoms with van der Waals surface area (Å²) in [6, 6.07) is 96.3. The second-order valence-corrected chi connectivity index (χ2v) is 19.5. The van der Waals surface area contributed by atoms with Gasteiger partial charge in [-0.3, -0.25) is 4.99 Å². The van der Waals surface area contributed by atoms with Crippen LogP contribution in [0, 0.1) is 6.92 Å². The van der Waals surface area contributed by atoms with E-state index in [1.54, 1.807) is 0 Å². The fraction of sp³-hybridized carbons (Fsp3) is 0.0139. The normalized spacial score (nSPS) is 11.8. The van der Waals surface area contributed by atoms with Crippen LogP contribution >= 0.6 is 0 Å². The molecule has 0 aromatic heterocycles. The number of fused-ring (bicyclic) bond motifs is 7. The van der Waals surface area contributed by atoms with Crippen LogP contribution < -0.4 is 0 Å². The molecule has 0 saturated carbocycles. The molecule has 0 fully saturated rings. The van der Waals surface area contributed by atoms with Gasteiger partial charge in [-0.05, 0) is 192 Å². The SMILES string of the molecule is Cc1ccccc1N=Cc1cccc(-c2c3ccccc3c(-c3ccc4cc(-c5ccc6c(-c7ccc8ccccc8c7)c7ccccc7c(-c7ccc8ccccc8c7)c6c5)ccc4c3)c3ccccc23)c1. The van der Waals surface area contributed by atoms with Crippen molar-refractivity contribution in [3.63, 3.8) is 0 Å². The number of nitrogens with zero attached hydrogens (tertiary/aromatic N) is 1. The van der Waals surface area contributed by atoms with Crippen LogP contribution in [0.2, 0.25) is 0 Å². The predicted molar refractivity (Wildman–Crippen MR) is 315 cm³/mol.